The molecule has 0 bridgehead atoms. The number of aromatic amines is 2. The molecule has 0 aliphatic rings. The van der Waals surface area contributed by atoms with Crippen LogP contribution in [0.2, 0.25) is 0 Å². The number of fused-ring (bicyclic) bond motifs is 2. The van der Waals surface area contributed by atoms with Crippen molar-refractivity contribution in [3.63, 3.8) is 0 Å². The van der Waals surface area contributed by atoms with Crippen LogP contribution in [0.4, 0.5) is 10.1 Å². The number of halogens is 1. The summed E-state index contributed by atoms with van der Waals surface area (Å²) in [5, 5.41) is 8.46. The Balaban J connectivity index is 1.48. The molecule has 0 aliphatic heterocycles. The van der Waals surface area contributed by atoms with E-state index in [9.17, 15) is 4.39 Å². The van der Waals surface area contributed by atoms with Crippen molar-refractivity contribution in [2.24, 2.45) is 0 Å². The van der Waals surface area contributed by atoms with Crippen molar-refractivity contribution in [2.75, 3.05) is 19.0 Å². The fraction of sp³-hybridized carbons (Fsp3) is 0.0800. The molecule has 2 N–H and O–H groups in total. The van der Waals surface area contributed by atoms with E-state index in [1.165, 1.54) is 6.07 Å². The minimum Gasteiger partial charge on any atom is -0.376 e. The first-order valence-corrected chi connectivity index (χ1v) is 11.2. The molecular formula is C25H19FN6S. The van der Waals surface area contributed by atoms with Gasteiger partial charge in [-0.05, 0) is 42.5 Å². The lowest BCUT2D eigenvalue weighted by Gasteiger charge is -2.12. The van der Waals surface area contributed by atoms with Gasteiger partial charge in [0.05, 0.1) is 28.8 Å². The normalized spacial score (nSPS) is 11.5. The third-order valence-electron chi connectivity index (χ3n) is 5.70. The van der Waals surface area contributed by atoms with Crippen molar-refractivity contribution in [1.82, 2.24) is 25.1 Å². The number of pyridine rings is 2. The number of anilines is 1. The number of hydrogen-bond donors (Lipinski definition) is 2. The molecule has 0 saturated carbocycles. The summed E-state index contributed by atoms with van der Waals surface area (Å²) in [7, 11) is 3.97. The molecule has 0 atom stereocenters. The highest BCUT2D eigenvalue weighted by Gasteiger charge is 2.16. The summed E-state index contributed by atoms with van der Waals surface area (Å²) in [4.78, 5) is 15.6. The van der Waals surface area contributed by atoms with Crippen LogP contribution >= 0.6 is 11.3 Å². The van der Waals surface area contributed by atoms with E-state index in [0.29, 0.717) is 0 Å². The molecule has 0 unspecified atom stereocenters. The molecule has 1 aromatic carbocycles. The van der Waals surface area contributed by atoms with E-state index in [4.69, 9.17) is 4.98 Å². The first kappa shape index (κ1) is 19.6. The fourth-order valence-electron chi connectivity index (χ4n) is 4.02. The molecule has 33 heavy (non-hydrogen) atoms. The van der Waals surface area contributed by atoms with Gasteiger partial charge < -0.3 is 9.88 Å². The van der Waals surface area contributed by atoms with Crippen LogP contribution in [0.1, 0.15) is 0 Å². The molecule has 5 heterocycles. The van der Waals surface area contributed by atoms with Crippen molar-refractivity contribution in [1.29, 1.82) is 0 Å². The molecule has 8 heteroatoms. The second-order valence-corrected chi connectivity index (χ2v) is 9.08. The lowest BCUT2D eigenvalue weighted by atomic mass is 10.1. The molecule has 0 spiro atoms. The molecule has 6 nitrogen and oxygen atoms in total. The van der Waals surface area contributed by atoms with Crippen LogP contribution in [0.3, 0.4) is 0 Å². The number of benzene rings is 1. The number of rotatable bonds is 4. The first-order chi connectivity index (χ1) is 16.1. The number of hydrogen-bond acceptors (Lipinski definition) is 5. The standard InChI is InChI=1S/C25H19FN6S/c1-32(2)15-10-14(12-27-13-15)18-6-7-20-24(29-18)25(31-30-20)21-11-17-16(4-3-5-19(17)28-21)22-8-9-23(26)33-22/h3-13,28H,1-2H3,(H,30,31). The van der Waals surface area contributed by atoms with Crippen molar-refractivity contribution in [2.45, 2.75) is 0 Å². The highest BCUT2D eigenvalue weighted by atomic mass is 32.1. The van der Waals surface area contributed by atoms with Crippen molar-refractivity contribution in [3.8, 4) is 33.1 Å². The monoisotopic (exact) mass is 454 g/mol. The van der Waals surface area contributed by atoms with E-state index in [1.807, 2.05) is 67.8 Å². The zero-order valence-electron chi connectivity index (χ0n) is 17.9. The summed E-state index contributed by atoms with van der Waals surface area (Å²) >= 11 is 1.14. The maximum absolute atomic E-state index is 13.6. The van der Waals surface area contributed by atoms with Crippen LogP contribution in [0, 0.1) is 5.13 Å². The third kappa shape index (κ3) is 3.35. The zero-order chi connectivity index (χ0) is 22.5. The summed E-state index contributed by atoms with van der Waals surface area (Å²) in [6, 6.07) is 17.4. The van der Waals surface area contributed by atoms with Crippen molar-refractivity contribution in [3.05, 3.63) is 72.1 Å². The lowest BCUT2D eigenvalue weighted by Crippen LogP contribution is -2.08. The Morgan fingerprint density at radius 2 is 1.88 bits per heavy atom. The number of aromatic nitrogens is 5. The van der Waals surface area contributed by atoms with E-state index in [2.05, 4.69) is 32.3 Å². The molecular weight excluding hydrogens is 435 g/mol. The topological polar surface area (TPSA) is 73.5 Å². The Morgan fingerprint density at radius 1 is 0.970 bits per heavy atom. The molecule has 0 saturated heterocycles. The van der Waals surface area contributed by atoms with E-state index in [-0.39, 0.29) is 5.13 Å². The van der Waals surface area contributed by atoms with Gasteiger partial charge in [0.1, 0.15) is 11.2 Å². The molecule has 0 radical (unpaired) electrons. The smallest absolute Gasteiger partial charge is 0.176 e. The molecule has 0 aliphatic carbocycles. The molecule has 162 valence electrons. The van der Waals surface area contributed by atoms with Gasteiger partial charge in [0.2, 0.25) is 0 Å². The minimum atomic E-state index is -0.194. The molecule has 0 amide bonds. The number of nitrogens with zero attached hydrogens (tertiary/aromatic N) is 4. The van der Waals surface area contributed by atoms with E-state index >= 15 is 0 Å². The Labute approximate surface area is 192 Å². The minimum absolute atomic E-state index is 0.194. The van der Waals surface area contributed by atoms with Gasteiger partial charge in [0, 0.05) is 47.2 Å². The van der Waals surface area contributed by atoms with E-state index < -0.39 is 0 Å². The third-order valence-corrected chi connectivity index (χ3v) is 6.61. The van der Waals surface area contributed by atoms with Crippen LogP contribution in [0.25, 0.3) is 55.0 Å². The van der Waals surface area contributed by atoms with Gasteiger partial charge in [0.15, 0.2) is 5.13 Å². The second-order valence-electron chi connectivity index (χ2n) is 8.04. The van der Waals surface area contributed by atoms with E-state index in [1.54, 1.807) is 0 Å². The Kier molecular flexibility index (Phi) is 4.48. The quantitative estimate of drug-likeness (QED) is 0.337. The maximum atomic E-state index is 13.6. The summed E-state index contributed by atoms with van der Waals surface area (Å²) in [6.45, 7) is 0. The fourth-order valence-corrected chi connectivity index (χ4v) is 4.79. The van der Waals surface area contributed by atoms with Crippen LogP contribution in [-0.2, 0) is 0 Å². The van der Waals surface area contributed by atoms with Crippen LogP contribution in [0.5, 0.6) is 0 Å². The average Bonchev–Trinajstić information content (AvgIpc) is 3.55. The molecule has 0 fully saturated rings. The predicted octanol–water partition coefficient (Wildman–Crippen LogP) is 6.10. The van der Waals surface area contributed by atoms with Crippen LogP contribution < -0.4 is 4.90 Å². The van der Waals surface area contributed by atoms with Gasteiger partial charge in [0.25, 0.3) is 0 Å². The predicted molar refractivity (Wildman–Crippen MR) is 132 cm³/mol. The van der Waals surface area contributed by atoms with Crippen LogP contribution in [-0.4, -0.2) is 39.2 Å². The number of thiophene rings is 1. The average molecular weight is 455 g/mol. The SMILES string of the molecule is CN(C)c1cncc(-c2ccc3[nH]nc(-c4cc5c(-c6ccc(F)s6)cccc5[nH]4)c3n2)c1. The maximum Gasteiger partial charge on any atom is 0.176 e. The molecule has 6 rings (SSSR count). The van der Waals surface area contributed by atoms with Crippen molar-refractivity contribution < 1.29 is 4.39 Å². The Morgan fingerprint density at radius 3 is 2.70 bits per heavy atom. The lowest BCUT2D eigenvalue weighted by molar-refractivity contribution is 0.657. The highest BCUT2D eigenvalue weighted by Crippen LogP contribution is 2.36. The zero-order valence-corrected chi connectivity index (χ0v) is 18.7. The highest BCUT2D eigenvalue weighted by molar-refractivity contribution is 7.14. The van der Waals surface area contributed by atoms with Gasteiger partial charge in [-0.2, -0.15) is 9.49 Å². The largest absolute Gasteiger partial charge is 0.376 e. The van der Waals surface area contributed by atoms with Gasteiger partial charge in [-0.1, -0.05) is 12.1 Å². The first-order valence-electron chi connectivity index (χ1n) is 10.4. The van der Waals surface area contributed by atoms with Gasteiger partial charge in [-0.3, -0.25) is 10.1 Å². The molecule has 5 aromatic heterocycles. The summed E-state index contributed by atoms with van der Waals surface area (Å²) < 4.78 is 13.6. The van der Waals surface area contributed by atoms with Crippen molar-refractivity contribution >= 4 is 39.0 Å². The summed E-state index contributed by atoms with van der Waals surface area (Å²) in [6.07, 6.45) is 3.64. The van der Waals surface area contributed by atoms with Crippen LogP contribution in [0.15, 0.2) is 67.0 Å². The van der Waals surface area contributed by atoms with Gasteiger partial charge >= 0.3 is 0 Å². The van der Waals surface area contributed by atoms with Gasteiger partial charge in [-0.15, -0.1) is 11.3 Å². The summed E-state index contributed by atoms with van der Waals surface area (Å²) in [5.41, 5.74) is 7.95. The Bertz CT molecular complexity index is 1630. The van der Waals surface area contributed by atoms with E-state index in [0.717, 1.165) is 72.0 Å². The number of H-pyrrole nitrogens is 2. The Hall–Kier alpha value is -4.04. The van der Waals surface area contributed by atoms with Gasteiger partial charge in [-0.25, -0.2) is 4.98 Å². The molecule has 6 aromatic rings. The number of nitrogens with one attached hydrogen (secondary N) is 2. The second kappa shape index (κ2) is 7.53. The summed E-state index contributed by atoms with van der Waals surface area (Å²) in [5.74, 6) is 0.